The van der Waals surface area contributed by atoms with Gasteiger partial charge in [0.2, 0.25) is 0 Å². The van der Waals surface area contributed by atoms with E-state index in [0.717, 1.165) is 17.1 Å². The molecule has 0 saturated heterocycles. The predicted molar refractivity (Wildman–Crippen MR) is 105 cm³/mol. The maximum atomic E-state index is 12.6. The quantitative estimate of drug-likeness (QED) is 0.573. The highest BCUT2D eigenvalue weighted by Gasteiger charge is 2.27. The molecule has 2 aromatic rings. The Morgan fingerprint density at radius 1 is 1.15 bits per heavy atom. The van der Waals surface area contributed by atoms with Gasteiger partial charge >= 0.3 is 5.97 Å². The van der Waals surface area contributed by atoms with Gasteiger partial charge in [0.25, 0.3) is 0 Å². The number of aromatic nitrogens is 1. The van der Waals surface area contributed by atoms with Crippen molar-refractivity contribution in [2.75, 3.05) is 14.2 Å². The van der Waals surface area contributed by atoms with Crippen LogP contribution in [0.2, 0.25) is 0 Å². The Morgan fingerprint density at radius 2 is 1.89 bits per heavy atom. The van der Waals surface area contributed by atoms with Crippen LogP contribution in [0, 0.1) is 5.41 Å². The highest BCUT2D eigenvalue weighted by Crippen LogP contribution is 2.29. The summed E-state index contributed by atoms with van der Waals surface area (Å²) in [6.45, 7) is 6.09. The summed E-state index contributed by atoms with van der Waals surface area (Å²) in [6.07, 6.45) is 6.99. The lowest BCUT2D eigenvalue weighted by atomic mass is 9.88. The van der Waals surface area contributed by atoms with Gasteiger partial charge in [-0.15, -0.1) is 0 Å². The van der Waals surface area contributed by atoms with E-state index in [2.05, 4.69) is 0 Å². The van der Waals surface area contributed by atoms with E-state index >= 15 is 0 Å². The molecule has 144 valence electrons. The van der Waals surface area contributed by atoms with Gasteiger partial charge in [-0.2, -0.15) is 0 Å². The maximum Gasteiger partial charge on any atom is 0.344 e. The molecule has 0 bridgehead atoms. The number of carbonyl (C=O) groups is 1. The van der Waals surface area contributed by atoms with Gasteiger partial charge in [-0.3, -0.25) is 0 Å². The Labute approximate surface area is 161 Å². The van der Waals surface area contributed by atoms with Crippen molar-refractivity contribution in [1.82, 2.24) is 0 Å². The number of aryl methyl sites for hydroxylation is 1. The Morgan fingerprint density at radius 3 is 2.48 bits per heavy atom. The van der Waals surface area contributed by atoms with Crippen LogP contribution in [-0.4, -0.2) is 26.3 Å². The third-order valence-corrected chi connectivity index (χ3v) is 4.15. The van der Waals surface area contributed by atoms with Crippen LogP contribution in [0.3, 0.4) is 0 Å². The first-order valence-electron chi connectivity index (χ1n) is 8.81. The van der Waals surface area contributed by atoms with Crippen molar-refractivity contribution in [1.29, 1.82) is 0 Å². The zero-order valence-electron chi connectivity index (χ0n) is 16.9. The summed E-state index contributed by atoms with van der Waals surface area (Å²) in [5.74, 6) is 1.10. The molecule has 27 heavy (non-hydrogen) atoms. The van der Waals surface area contributed by atoms with E-state index in [1.165, 1.54) is 0 Å². The van der Waals surface area contributed by atoms with Gasteiger partial charge in [0.05, 0.1) is 14.2 Å². The molecule has 0 saturated carbocycles. The summed E-state index contributed by atoms with van der Waals surface area (Å²) < 4.78 is 18.3. The molecule has 0 radical (unpaired) electrons. The van der Waals surface area contributed by atoms with Crippen molar-refractivity contribution in [2.45, 2.75) is 26.9 Å². The number of pyridine rings is 1. The maximum absolute atomic E-state index is 12.6. The first kappa shape index (κ1) is 20.5. The fourth-order valence-corrected chi connectivity index (χ4v) is 2.56. The molecule has 0 aliphatic rings. The summed E-state index contributed by atoms with van der Waals surface area (Å²) >= 11 is 0. The van der Waals surface area contributed by atoms with Gasteiger partial charge in [-0.1, -0.05) is 26.8 Å². The molecule has 0 aliphatic carbocycles. The average molecular weight is 370 g/mol. The molecule has 0 fully saturated rings. The minimum Gasteiger partial charge on any atom is -0.497 e. The molecule has 1 heterocycles. The number of rotatable bonds is 6. The van der Waals surface area contributed by atoms with E-state index < -0.39 is 6.10 Å². The van der Waals surface area contributed by atoms with E-state index in [4.69, 9.17) is 14.2 Å². The molecule has 5 heteroatoms. The zero-order valence-corrected chi connectivity index (χ0v) is 16.9. The minimum atomic E-state index is -0.411. The Hall–Kier alpha value is -2.82. The van der Waals surface area contributed by atoms with Crippen LogP contribution in [0.4, 0.5) is 0 Å². The largest absolute Gasteiger partial charge is 0.497 e. The summed E-state index contributed by atoms with van der Waals surface area (Å²) in [7, 11) is 5.11. The first-order chi connectivity index (χ1) is 12.7. The topological polar surface area (TPSA) is 48.6 Å². The van der Waals surface area contributed by atoms with Crippen molar-refractivity contribution in [3.05, 3.63) is 59.9 Å². The number of hydrogen-bond acceptors (Lipinski definition) is 4. The SMILES string of the molecule is COc1ccc(OC)c(/C=C/C(OC(=O)c2ccc[n+](C)c2)C(C)(C)C)c1. The number of benzene rings is 1. The number of carbonyl (C=O) groups excluding carboxylic acids is 1. The fourth-order valence-electron chi connectivity index (χ4n) is 2.56. The zero-order chi connectivity index (χ0) is 20.0. The van der Waals surface area contributed by atoms with Crippen LogP contribution >= 0.6 is 0 Å². The van der Waals surface area contributed by atoms with Gasteiger partial charge in [-0.25, -0.2) is 9.36 Å². The molecule has 0 aliphatic heterocycles. The molecule has 5 nitrogen and oxygen atoms in total. The predicted octanol–water partition coefficient (Wildman–Crippen LogP) is 3.81. The van der Waals surface area contributed by atoms with Crippen molar-refractivity contribution in [3.8, 4) is 11.5 Å². The minimum absolute atomic E-state index is 0.269. The lowest BCUT2D eigenvalue weighted by molar-refractivity contribution is -0.671. The van der Waals surface area contributed by atoms with Crippen LogP contribution in [0.25, 0.3) is 6.08 Å². The van der Waals surface area contributed by atoms with E-state index in [1.807, 2.05) is 75.0 Å². The highest BCUT2D eigenvalue weighted by atomic mass is 16.5. The molecule has 0 N–H and O–H groups in total. The van der Waals surface area contributed by atoms with Gasteiger partial charge in [-0.05, 0) is 30.3 Å². The lowest BCUT2D eigenvalue weighted by Crippen LogP contribution is -2.32. The Bertz CT molecular complexity index is 821. The molecular weight excluding hydrogens is 342 g/mol. The van der Waals surface area contributed by atoms with E-state index in [1.54, 1.807) is 26.5 Å². The van der Waals surface area contributed by atoms with E-state index in [0.29, 0.717) is 5.56 Å². The standard InChI is InChI=1S/C22H28NO4/c1-22(2,3)20(27-21(24)17-8-7-13-23(4)15-17)12-9-16-14-18(25-5)10-11-19(16)26-6/h7-15,20H,1-6H3/q+1/b12-9+. The molecule has 1 aromatic carbocycles. The first-order valence-corrected chi connectivity index (χ1v) is 8.81. The van der Waals surface area contributed by atoms with Crippen molar-refractivity contribution < 1.29 is 23.6 Å². The average Bonchev–Trinajstić information content (AvgIpc) is 2.63. The highest BCUT2D eigenvalue weighted by molar-refractivity contribution is 5.89. The van der Waals surface area contributed by atoms with Crippen molar-refractivity contribution >= 4 is 12.0 Å². The second-order valence-electron chi connectivity index (χ2n) is 7.42. The monoisotopic (exact) mass is 370 g/mol. The van der Waals surface area contributed by atoms with Gasteiger partial charge in [0.1, 0.15) is 30.2 Å². The normalized spacial score (nSPS) is 12.7. The van der Waals surface area contributed by atoms with Crippen LogP contribution < -0.4 is 14.0 Å². The number of methoxy groups -OCH3 is 2. The molecule has 0 amide bonds. The fraction of sp³-hybridized carbons (Fsp3) is 0.364. The third kappa shape index (κ3) is 5.58. The number of esters is 1. The molecule has 1 unspecified atom stereocenters. The number of nitrogens with zero attached hydrogens (tertiary/aromatic N) is 1. The molecular formula is C22H28NO4+. The molecule has 0 spiro atoms. The van der Waals surface area contributed by atoms with Crippen molar-refractivity contribution in [3.63, 3.8) is 0 Å². The van der Waals surface area contributed by atoms with E-state index in [9.17, 15) is 4.79 Å². The molecule has 2 rings (SSSR count). The summed E-state index contributed by atoms with van der Waals surface area (Å²) in [5.41, 5.74) is 1.10. The summed E-state index contributed by atoms with van der Waals surface area (Å²) in [6, 6.07) is 9.14. The van der Waals surface area contributed by atoms with Gasteiger partial charge in [0, 0.05) is 17.0 Å². The molecule has 1 aromatic heterocycles. The van der Waals surface area contributed by atoms with Gasteiger partial charge < -0.3 is 14.2 Å². The summed E-state index contributed by atoms with van der Waals surface area (Å²) in [5, 5.41) is 0. The lowest BCUT2D eigenvalue weighted by Gasteiger charge is -2.27. The molecule has 1 atom stereocenters. The van der Waals surface area contributed by atoms with E-state index in [-0.39, 0.29) is 11.4 Å². The van der Waals surface area contributed by atoms with Crippen LogP contribution in [0.15, 0.2) is 48.8 Å². The summed E-state index contributed by atoms with van der Waals surface area (Å²) in [4.78, 5) is 12.6. The number of ether oxygens (including phenoxy) is 3. The van der Waals surface area contributed by atoms with Crippen LogP contribution in [0.1, 0.15) is 36.7 Å². The second-order valence-corrected chi connectivity index (χ2v) is 7.42. The smallest absolute Gasteiger partial charge is 0.344 e. The Balaban J connectivity index is 2.27. The number of hydrogen-bond donors (Lipinski definition) is 0. The van der Waals surface area contributed by atoms with Gasteiger partial charge in [0.15, 0.2) is 12.4 Å². The second kappa shape index (κ2) is 8.71. The third-order valence-electron chi connectivity index (χ3n) is 4.15. The van der Waals surface area contributed by atoms with Crippen LogP contribution in [-0.2, 0) is 11.8 Å². The van der Waals surface area contributed by atoms with Crippen molar-refractivity contribution in [2.24, 2.45) is 12.5 Å². The van der Waals surface area contributed by atoms with Crippen LogP contribution in [0.5, 0.6) is 11.5 Å². The Kier molecular flexibility index (Phi) is 6.61.